The van der Waals surface area contributed by atoms with Crippen molar-refractivity contribution in [1.82, 2.24) is 4.90 Å². The standard InChI is InChI=1S/C25H32ClNO3S/c1-24(2)16-23(30-24)25(13-12-19-6-10-22(11-7-19)31(3,28)29)14-15-27(18-25)17-20-4-8-21(26)9-5-20/h4-11,23H,12-18H2,1-3H3/t23?,25-/m1/s1. The van der Waals surface area contributed by atoms with Gasteiger partial charge in [0.05, 0.1) is 16.6 Å². The zero-order chi connectivity index (χ0) is 22.3. The van der Waals surface area contributed by atoms with Crippen LogP contribution in [0.4, 0.5) is 0 Å². The predicted octanol–water partition coefficient (Wildman–Crippen LogP) is 5.14. The highest BCUT2D eigenvalue weighted by atomic mass is 35.5. The Labute approximate surface area is 191 Å². The van der Waals surface area contributed by atoms with Gasteiger partial charge in [0, 0.05) is 36.2 Å². The van der Waals surface area contributed by atoms with Crippen LogP contribution in [0.2, 0.25) is 5.02 Å². The average molecular weight is 462 g/mol. The van der Waals surface area contributed by atoms with Crippen molar-refractivity contribution in [3.8, 4) is 0 Å². The van der Waals surface area contributed by atoms with E-state index in [1.807, 2.05) is 24.3 Å². The molecular formula is C25H32ClNO3S. The van der Waals surface area contributed by atoms with E-state index >= 15 is 0 Å². The van der Waals surface area contributed by atoms with Gasteiger partial charge in [-0.25, -0.2) is 8.42 Å². The molecule has 168 valence electrons. The van der Waals surface area contributed by atoms with Crippen molar-refractivity contribution in [2.75, 3.05) is 19.3 Å². The van der Waals surface area contributed by atoms with E-state index in [-0.39, 0.29) is 17.1 Å². The molecule has 2 aliphatic rings. The van der Waals surface area contributed by atoms with Crippen molar-refractivity contribution in [1.29, 1.82) is 0 Å². The van der Waals surface area contributed by atoms with Crippen LogP contribution in [0.25, 0.3) is 0 Å². The Hall–Kier alpha value is -1.40. The second-order valence-corrected chi connectivity index (χ2v) is 12.4. The van der Waals surface area contributed by atoms with Gasteiger partial charge in [-0.3, -0.25) is 4.90 Å². The van der Waals surface area contributed by atoms with E-state index in [4.69, 9.17) is 16.3 Å². The number of sulfone groups is 1. The molecule has 0 aliphatic carbocycles. The highest BCUT2D eigenvalue weighted by molar-refractivity contribution is 7.90. The van der Waals surface area contributed by atoms with Gasteiger partial charge in [-0.2, -0.15) is 0 Å². The molecule has 1 unspecified atom stereocenters. The molecule has 0 radical (unpaired) electrons. The van der Waals surface area contributed by atoms with Crippen LogP contribution < -0.4 is 0 Å². The number of likely N-dealkylation sites (tertiary alicyclic amines) is 1. The van der Waals surface area contributed by atoms with Crippen LogP contribution in [0.3, 0.4) is 0 Å². The minimum atomic E-state index is -3.16. The Morgan fingerprint density at radius 1 is 1.06 bits per heavy atom. The summed E-state index contributed by atoms with van der Waals surface area (Å²) in [5.41, 5.74) is 2.57. The molecule has 31 heavy (non-hydrogen) atoms. The second kappa shape index (κ2) is 8.51. The molecule has 0 N–H and O–H groups in total. The molecule has 2 fully saturated rings. The number of halogens is 1. The van der Waals surface area contributed by atoms with E-state index in [0.29, 0.717) is 4.90 Å². The average Bonchev–Trinajstić information content (AvgIpc) is 3.10. The van der Waals surface area contributed by atoms with Gasteiger partial charge in [-0.1, -0.05) is 35.9 Å². The molecule has 0 aromatic heterocycles. The number of benzene rings is 2. The van der Waals surface area contributed by atoms with Crippen molar-refractivity contribution < 1.29 is 13.2 Å². The van der Waals surface area contributed by atoms with Gasteiger partial charge in [0.2, 0.25) is 0 Å². The number of hydrogen-bond donors (Lipinski definition) is 0. The van der Waals surface area contributed by atoms with Crippen LogP contribution in [0.1, 0.15) is 44.2 Å². The molecule has 2 aliphatic heterocycles. The first kappa shape index (κ1) is 22.8. The quantitative estimate of drug-likeness (QED) is 0.573. The lowest BCUT2D eigenvalue weighted by molar-refractivity contribution is -0.230. The summed E-state index contributed by atoms with van der Waals surface area (Å²) < 4.78 is 29.8. The topological polar surface area (TPSA) is 46.6 Å². The van der Waals surface area contributed by atoms with E-state index in [0.717, 1.165) is 50.3 Å². The monoisotopic (exact) mass is 461 g/mol. The maximum Gasteiger partial charge on any atom is 0.175 e. The van der Waals surface area contributed by atoms with Crippen molar-refractivity contribution in [2.24, 2.45) is 5.41 Å². The third-order valence-electron chi connectivity index (χ3n) is 6.87. The van der Waals surface area contributed by atoms with Crippen LogP contribution in [0, 0.1) is 5.41 Å². The number of nitrogens with zero attached hydrogens (tertiary/aromatic N) is 1. The van der Waals surface area contributed by atoms with Gasteiger partial charge < -0.3 is 4.74 Å². The summed E-state index contributed by atoms with van der Waals surface area (Å²) in [7, 11) is -3.16. The molecule has 2 aromatic rings. The lowest BCUT2D eigenvalue weighted by Crippen LogP contribution is -2.55. The van der Waals surface area contributed by atoms with Crippen LogP contribution in [-0.4, -0.2) is 44.4 Å². The van der Waals surface area contributed by atoms with E-state index in [1.54, 1.807) is 12.1 Å². The van der Waals surface area contributed by atoms with Crippen molar-refractivity contribution in [2.45, 2.75) is 62.7 Å². The van der Waals surface area contributed by atoms with Crippen LogP contribution in [0.5, 0.6) is 0 Å². The van der Waals surface area contributed by atoms with E-state index in [2.05, 4.69) is 30.9 Å². The van der Waals surface area contributed by atoms with E-state index < -0.39 is 9.84 Å². The number of rotatable bonds is 7. The minimum Gasteiger partial charge on any atom is -0.372 e. The summed E-state index contributed by atoms with van der Waals surface area (Å²) in [6, 6.07) is 15.5. The Kier molecular flexibility index (Phi) is 6.25. The molecule has 2 heterocycles. The molecule has 0 spiro atoms. The van der Waals surface area contributed by atoms with Crippen LogP contribution in [0.15, 0.2) is 53.4 Å². The highest BCUT2D eigenvalue weighted by Gasteiger charge is 2.52. The smallest absolute Gasteiger partial charge is 0.175 e. The summed E-state index contributed by atoms with van der Waals surface area (Å²) in [6.45, 7) is 7.36. The fourth-order valence-corrected chi connectivity index (χ4v) is 5.81. The molecule has 0 bridgehead atoms. The predicted molar refractivity (Wildman–Crippen MR) is 125 cm³/mol. The molecule has 6 heteroatoms. The van der Waals surface area contributed by atoms with Crippen molar-refractivity contribution >= 4 is 21.4 Å². The SMILES string of the molecule is CC1(C)CC([C@]2(CCc3ccc(S(C)(=O)=O)cc3)CCN(Cc3ccc(Cl)cc3)C2)O1. The van der Waals surface area contributed by atoms with E-state index in [1.165, 1.54) is 17.4 Å². The summed E-state index contributed by atoms with van der Waals surface area (Å²) >= 11 is 6.04. The molecule has 0 amide bonds. The van der Waals surface area contributed by atoms with Gasteiger partial charge in [-0.05, 0) is 75.0 Å². The Bertz CT molecular complexity index is 1010. The molecule has 2 aromatic carbocycles. The Balaban J connectivity index is 1.45. The molecule has 2 atom stereocenters. The number of hydrogen-bond acceptors (Lipinski definition) is 4. The Morgan fingerprint density at radius 3 is 2.26 bits per heavy atom. The first-order chi connectivity index (χ1) is 14.5. The zero-order valence-corrected chi connectivity index (χ0v) is 20.2. The van der Waals surface area contributed by atoms with Crippen molar-refractivity contribution in [3.05, 3.63) is 64.7 Å². The fraction of sp³-hybridized carbons (Fsp3) is 0.520. The molecule has 2 saturated heterocycles. The maximum atomic E-state index is 11.7. The maximum absolute atomic E-state index is 11.7. The normalized spacial score (nSPS) is 26.0. The lowest BCUT2D eigenvalue weighted by Gasteiger charge is -2.52. The Morgan fingerprint density at radius 2 is 1.68 bits per heavy atom. The molecule has 4 rings (SSSR count). The van der Waals surface area contributed by atoms with Crippen LogP contribution in [-0.2, 0) is 27.5 Å². The van der Waals surface area contributed by atoms with Crippen LogP contribution >= 0.6 is 11.6 Å². The van der Waals surface area contributed by atoms with Gasteiger partial charge in [0.15, 0.2) is 9.84 Å². The first-order valence-electron chi connectivity index (χ1n) is 11.0. The second-order valence-electron chi connectivity index (χ2n) is 9.94. The zero-order valence-electron chi connectivity index (χ0n) is 18.6. The molecular weight excluding hydrogens is 430 g/mol. The highest BCUT2D eigenvalue weighted by Crippen LogP contribution is 2.49. The molecule has 4 nitrogen and oxygen atoms in total. The molecule has 0 saturated carbocycles. The third-order valence-corrected chi connectivity index (χ3v) is 8.25. The lowest BCUT2D eigenvalue weighted by atomic mass is 9.70. The van der Waals surface area contributed by atoms with Gasteiger partial charge in [0.25, 0.3) is 0 Å². The van der Waals surface area contributed by atoms with Gasteiger partial charge in [-0.15, -0.1) is 0 Å². The fourth-order valence-electron chi connectivity index (χ4n) is 5.06. The summed E-state index contributed by atoms with van der Waals surface area (Å²) in [4.78, 5) is 2.91. The van der Waals surface area contributed by atoms with Gasteiger partial charge in [0.1, 0.15) is 0 Å². The summed E-state index contributed by atoms with van der Waals surface area (Å²) in [5.74, 6) is 0. The van der Waals surface area contributed by atoms with Gasteiger partial charge >= 0.3 is 0 Å². The van der Waals surface area contributed by atoms with E-state index in [9.17, 15) is 8.42 Å². The first-order valence-corrected chi connectivity index (χ1v) is 13.3. The third kappa shape index (κ3) is 5.33. The van der Waals surface area contributed by atoms with Crippen molar-refractivity contribution in [3.63, 3.8) is 0 Å². The number of aryl methyl sites for hydroxylation is 1. The minimum absolute atomic E-state index is 0.0294. The summed E-state index contributed by atoms with van der Waals surface area (Å²) in [5, 5.41) is 0.770. The summed E-state index contributed by atoms with van der Waals surface area (Å²) in [6.07, 6.45) is 5.73. The largest absolute Gasteiger partial charge is 0.372 e. The number of ether oxygens (including phenoxy) is 1.